The number of para-hydroxylation sites is 1. The molecule has 0 aliphatic rings. The molecule has 190 valence electrons. The van der Waals surface area contributed by atoms with Gasteiger partial charge in [0.05, 0.1) is 29.3 Å². The Morgan fingerprint density at radius 2 is 1.62 bits per heavy atom. The zero-order valence-corrected chi connectivity index (χ0v) is 21.9. The zero-order valence-electron chi connectivity index (χ0n) is 20.3. The molecule has 0 bridgehead atoms. The van der Waals surface area contributed by atoms with Crippen LogP contribution in [0.5, 0.6) is 0 Å². The van der Waals surface area contributed by atoms with Gasteiger partial charge >= 0.3 is 0 Å². The maximum Gasteiger partial charge on any atom is 0.255 e. The molecule has 0 fully saturated rings. The summed E-state index contributed by atoms with van der Waals surface area (Å²) in [6, 6.07) is 19.8. The van der Waals surface area contributed by atoms with Crippen molar-refractivity contribution < 1.29 is 18.4 Å². The first kappa shape index (κ1) is 26.3. The van der Waals surface area contributed by atoms with Gasteiger partial charge in [-0.1, -0.05) is 43.3 Å². The fourth-order valence-corrected chi connectivity index (χ4v) is 4.52. The van der Waals surface area contributed by atoms with E-state index in [4.69, 9.17) is 4.42 Å². The van der Waals surface area contributed by atoms with Crippen molar-refractivity contribution in [2.24, 2.45) is 0 Å². The summed E-state index contributed by atoms with van der Waals surface area (Å²) >= 11 is 3.41. The van der Waals surface area contributed by atoms with Crippen molar-refractivity contribution in [1.82, 2.24) is 9.80 Å². The molecule has 4 aromatic rings. The minimum absolute atomic E-state index is 0.0213. The van der Waals surface area contributed by atoms with E-state index in [-0.39, 0.29) is 42.7 Å². The first-order valence-corrected chi connectivity index (χ1v) is 12.7. The number of halogens is 2. The van der Waals surface area contributed by atoms with Crippen LogP contribution in [0.2, 0.25) is 0 Å². The third-order valence-electron chi connectivity index (χ3n) is 5.96. The summed E-state index contributed by atoms with van der Waals surface area (Å²) in [4.78, 5) is 43.0. The highest BCUT2D eigenvalue weighted by Crippen LogP contribution is 2.19. The van der Waals surface area contributed by atoms with Gasteiger partial charge in [-0.3, -0.25) is 14.4 Å². The molecule has 37 heavy (non-hydrogen) atoms. The lowest BCUT2D eigenvalue weighted by atomic mass is 10.1. The van der Waals surface area contributed by atoms with Crippen molar-refractivity contribution in [2.45, 2.75) is 26.4 Å². The number of nitrogens with zero attached hydrogens (tertiary/aromatic N) is 2. The van der Waals surface area contributed by atoms with E-state index in [1.807, 2.05) is 13.0 Å². The highest BCUT2D eigenvalue weighted by atomic mass is 79.9. The second kappa shape index (κ2) is 12.0. The van der Waals surface area contributed by atoms with E-state index in [0.29, 0.717) is 45.1 Å². The largest absolute Gasteiger partial charge is 0.464 e. The summed E-state index contributed by atoms with van der Waals surface area (Å²) < 4.78 is 19.8. The smallest absolute Gasteiger partial charge is 0.255 e. The Bertz CT molecular complexity index is 1470. The summed E-state index contributed by atoms with van der Waals surface area (Å²) in [6.07, 6.45) is 2.03. The van der Waals surface area contributed by atoms with E-state index in [9.17, 15) is 18.8 Å². The van der Waals surface area contributed by atoms with Crippen molar-refractivity contribution in [3.63, 3.8) is 0 Å². The molecule has 0 unspecified atom stereocenters. The van der Waals surface area contributed by atoms with E-state index in [1.165, 1.54) is 28.2 Å². The maximum atomic E-state index is 13.6. The van der Waals surface area contributed by atoms with Gasteiger partial charge in [-0.15, -0.1) is 0 Å². The van der Waals surface area contributed by atoms with Crippen LogP contribution in [-0.4, -0.2) is 34.7 Å². The number of hydrogen-bond acceptors (Lipinski definition) is 4. The third kappa shape index (κ3) is 6.32. The SMILES string of the molecule is CCCN(CC(=O)N(Cc1ccc(F)cc1)Cc1coc2ccccc2c1=O)C(=O)c1ccccc1Br. The number of rotatable bonds is 9. The molecule has 6 nitrogen and oxygen atoms in total. The number of benzene rings is 3. The quantitative estimate of drug-likeness (QED) is 0.258. The lowest BCUT2D eigenvalue weighted by Gasteiger charge is -2.28. The number of hydrogen-bond donors (Lipinski definition) is 0. The summed E-state index contributed by atoms with van der Waals surface area (Å²) in [5.41, 5.74) is 1.70. The molecule has 0 aliphatic heterocycles. The third-order valence-corrected chi connectivity index (χ3v) is 6.65. The average molecular weight is 565 g/mol. The molecule has 0 N–H and O–H groups in total. The highest BCUT2D eigenvalue weighted by Gasteiger charge is 2.24. The van der Waals surface area contributed by atoms with Crippen molar-refractivity contribution in [1.29, 1.82) is 0 Å². The van der Waals surface area contributed by atoms with Crippen molar-refractivity contribution >= 4 is 38.7 Å². The van der Waals surface area contributed by atoms with Crippen LogP contribution >= 0.6 is 15.9 Å². The molecule has 4 rings (SSSR count). The molecule has 0 spiro atoms. The van der Waals surface area contributed by atoms with Crippen LogP contribution in [0.4, 0.5) is 4.39 Å². The van der Waals surface area contributed by atoms with Gasteiger partial charge < -0.3 is 14.2 Å². The van der Waals surface area contributed by atoms with Crippen molar-refractivity contribution in [2.75, 3.05) is 13.1 Å². The second-order valence-corrected chi connectivity index (χ2v) is 9.52. The topological polar surface area (TPSA) is 70.8 Å². The number of carbonyl (C=O) groups excluding carboxylic acids is 2. The fourth-order valence-electron chi connectivity index (χ4n) is 4.07. The van der Waals surface area contributed by atoms with E-state index in [2.05, 4.69) is 15.9 Å². The van der Waals surface area contributed by atoms with E-state index >= 15 is 0 Å². The standard InChI is InChI=1S/C29H26BrFN2O4/c1-2-15-32(29(36)23-7-3-5-9-25(23)30)18-27(34)33(16-20-11-13-22(31)14-12-20)17-21-19-37-26-10-6-4-8-24(26)28(21)35/h3-14,19H,2,15-18H2,1H3. The Hall–Kier alpha value is -3.78. The van der Waals surface area contributed by atoms with Gasteiger partial charge in [0.2, 0.25) is 5.91 Å². The Morgan fingerprint density at radius 1 is 0.919 bits per heavy atom. The zero-order chi connectivity index (χ0) is 26.4. The number of carbonyl (C=O) groups is 2. The molecular formula is C29H26BrFN2O4. The Kier molecular flexibility index (Phi) is 8.50. The molecular weight excluding hydrogens is 539 g/mol. The van der Waals surface area contributed by atoms with Gasteiger partial charge in [0, 0.05) is 17.6 Å². The molecule has 1 heterocycles. The van der Waals surface area contributed by atoms with Crippen molar-refractivity contribution in [3.8, 4) is 0 Å². The predicted molar refractivity (Wildman–Crippen MR) is 143 cm³/mol. The molecule has 8 heteroatoms. The summed E-state index contributed by atoms with van der Waals surface area (Å²) in [7, 11) is 0. The van der Waals surface area contributed by atoms with Crippen LogP contribution < -0.4 is 5.43 Å². The normalized spacial score (nSPS) is 10.9. The van der Waals surface area contributed by atoms with Crippen LogP contribution in [-0.2, 0) is 17.9 Å². The fraction of sp³-hybridized carbons (Fsp3) is 0.207. The van der Waals surface area contributed by atoms with Crippen LogP contribution in [0.1, 0.15) is 34.8 Å². The van der Waals surface area contributed by atoms with E-state index in [0.717, 1.165) is 0 Å². The monoisotopic (exact) mass is 564 g/mol. The van der Waals surface area contributed by atoms with Crippen molar-refractivity contribution in [3.05, 3.63) is 116 Å². The van der Waals surface area contributed by atoms with E-state index in [1.54, 1.807) is 54.6 Å². The van der Waals surface area contributed by atoms with Crippen LogP contribution in [0.3, 0.4) is 0 Å². The lowest BCUT2D eigenvalue weighted by molar-refractivity contribution is -0.133. The van der Waals surface area contributed by atoms with Crippen LogP contribution in [0, 0.1) is 5.82 Å². The van der Waals surface area contributed by atoms with Crippen LogP contribution in [0.25, 0.3) is 11.0 Å². The number of amides is 2. The average Bonchev–Trinajstić information content (AvgIpc) is 2.90. The lowest BCUT2D eigenvalue weighted by Crippen LogP contribution is -2.43. The maximum absolute atomic E-state index is 13.6. The van der Waals surface area contributed by atoms with Gasteiger partial charge in [0.15, 0.2) is 5.43 Å². The van der Waals surface area contributed by atoms with Gasteiger partial charge in [-0.25, -0.2) is 4.39 Å². The van der Waals surface area contributed by atoms with Crippen LogP contribution in [0.15, 0.2) is 92.7 Å². The Morgan fingerprint density at radius 3 is 2.35 bits per heavy atom. The number of fused-ring (bicyclic) bond motifs is 1. The van der Waals surface area contributed by atoms with Gasteiger partial charge in [-0.05, 0) is 64.3 Å². The molecule has 0 atom stereocenters. The highest BCUT2D eigenvalue weighted by molar-refractivity contribution is 9.10. The molecule has 0 saturated heterocycles. The molecule has 0 aliphatic carbocycles. The molecule has 3 aromatic carbocycles. The molecule has 0 saturated carbocycles. The first-order valence-electron chi connectivity index (χ1n) is 11.9. The Labute approximate surface area is 222 Å². The van der Waals surface area contributed by atoms with Gasteiger partial charge in [0.25, 0.3) is 5.91 Å². The molecule has 2 amide bonds. The van der Waals surface area contributed by atoms with E-state index < -0.39 is 0 Å². The minimum atomic E-state index is -0.384. The van der Waals surface area contributed by atoms with Gasteiger partial charge in [-0.2, -0.15) is 0 Å². The minimum Gasteiger partial charge on any atom is -0.464 e. The summed E-state index contributed by atoms with van der Waals surface area (Å²) in [5, 5.41) is 0.422. The summed E-state index contributed by atoms with van der Waals surface area (Å²) in [6.45, 7) is 2.25. The second-order valence-electron chi connectivity index (χ2n) is 8.67. The first-order chi connectivity index (χ1) is 17.9. The predicted octanol–water partition coefficient (Wildman–Crippen LogP) is 5.78. The molecule has 1 aromatic heterocycles. The van der Waals surface area contributed by atoms with Gasteiger partial charge in [0.1, 0.15) is 17.9 Å². The summed E-state index contributed by atoms with van der Waals surface area (Å²) in [5.74, 6) is -0.995. The molecule has 0 radical (unpaired) electrons. The Balaban J connectivity index is 1.63.